The van der Waals surface area contributed by atoms with E-state index in [1.807, 2.05) is 24.3 Å². The molecule has 22 heavy (non-hydrogen) atoms. The average molecular weight is 359 g/mol. The van der Waals surface area contributed by atoms with Crippen molar-refractivity contribution in [2.75, 3.05) is 0 Å². The fraction of sp³-hybridized carbons (Fsp3) is 0.556. The molecule has 0 saturated heterocycles. The summed E-state index contributed by atoms with van der Waals surface area (Å²) in [5, 5.41) is 4.28. The summed E-state index contributed by atoms with van der Waals surface area (Å²) in [6, 6.07) is 8.12. The van der Waals surface area contributed by atoms with E-state index in [4.69, 9.17) is 9.51 Å². The van der Waals surface area contributed by atoms with E-state index in [0.29, 0.717) is 0 Å². The van der Waals surface area contributed by atoms with Gasteiger partial charge in [0.05, 0.1) is 5.41 Å². The van der Waals surface area contributed by atoms with Crippen molar-refractivity contribution >= 4 is 15.9 Å². The van der Waals surface area contributed by atoms with Crippen LogP contribution >= 0.6 is 15.9 Å². The first-order valence-corrected chi connectivity index (χ1v) is 9.10. The van der Waals surface area contributed by atoms with Gasteiger partial charge in [0.1, 0.15) is 0 Å². The second kappa shape index (κ2) is 4.67. The summed E-state index contributed by atoms with van der Waals surface area (Å²) >= 11 is 3.51. The van der Waals surface area contributed by atoms with E-state index in [-0.39, 0.29) is 5.41 Å². The van der Waals surface area contributed by atoms with E-state index < -0.39 is 0 Å². The number of nitrogens with zero attached hydrogens (tertiary/aromatic N) is 2. The molecule has 4 aliphatic rings. The van der Waals surface area contributed by atoms with Crippen molar-refractivity contribution in [2.24, 2.45) is 17.8 Å². The van der Waals surface area contributed by atoms with Gasteiger partial charge in [-0.25, -0.2) is 0 Å². The summed E-state index contributed by atoms with van der Waals surface area (Å²) in [5.74, 6) is 4.32. The molecule has 2 aromatic rings. The Morgan fingerprint density at radius 2 is 1.73 bits per heavy atom. The molecule has 1 heterocycles. The lowest BCUT2D eigenvalue weighted by molar-refractivity contribution is -0.0201. The molecule has 4 bridgehead atoms. The first-order chi connectivity index (χ1) is 10.7. The highest BCUT2D eigenvalue weighted by molar-refractivity contribution is 9.10. The summed E-state index contributed by atoms with van der Waals surface area (Å²) in [5.41, 5.74) is 1.21. The number of halogens is 1. The molecule has 0 amide bonds. The fourth-order valence-corrected chi connectivity index (χ4v) is 5.96. The second-order valence-corrected chi connectivity index (χ2v) is 8.55. The zero-order valence-corrected chi connectivity index (χ0v) is 14.1. The van der Waals surface area contributed by atoms with Crippen LogP contribution in [0.2, 0.25) is 0 Å². The standard InChI is InChI=1S/C18H19BrN2O/c19-15-3-1-2-14(7-15)16-20-17(22-21-16)18-8-11-4-12(9-18)6-13(5-11)10-18/h1-3,7,11-13H,4-6,8-10H2. The Bertz CT molecular complexity index is 688. The molecule has 4 fully saturated rings. The van der Waals surface area contributed by atoms with Gasteiger partial charge in [0.25, 0.3) is 0 Å². The lowest BCUT2D eigenvalue weighted by Crippen LogP contribution is -2.48. The molecule has 4 saturated carbocycles. The molecule has 114 valence electrons. The fourth-order valence-electron chi connectivity index (χ4n) is 5.56. The molecule has 0 unspecified atom stereocenters. The van der Waals surface area contributed by atoms with Gasteiger partial charge in [0, 0.05) is 10.0 Å². The predicted octanol–water partition coefficient (Wildman–Crippen LogP) is 4.97. The third kappa shape index (κ3) is 1.99. The van der Waals surface area contributed by atoms with Crippen molar-refractivity contribution in [1.82, 2.24) is 10.1 Å². The first-order valence-electron chi connectivity index (χ1n) is 8.30. The van der Waals surface area contributed by atoms with Gasteiger partial charge in [-0.1, -0.05) is 33.2 Å². The minimum absolute atomic E-state index is 0.187. The number of aromatic nitrogens is 2. The Hall–Kier alpha value is -1.16. The molecule has 0 atom stereocenters. The summed E-state index contributed by atoms with van der Waals surface area (Å²) in [4.78, 5) is 4.81. The van der Waals surface area contributed by atoms with Crippen LogP contribution in [0, 0.1) is 17.8 Å². The van der Waals surface area contributed by atoms with E-state index in [1.165, 1.54) is 38.5 Å². The Kier molecular flexibility index (Phi) is 2.82. The topological polar surface area (TPSA) is 38.9 Å². The van der Waals surface area contributed by atoms with Crippen LogP contribution in [0.3, 0.4) is 0 Å². The highest BCUT2D eigenvalue weighted by atomic mass is 79.9. The third-order valence-corrected chi connectivity index (χ3v) is 6.49. The Balaban J connectivity index is 1.52. The van der Waals surface area contributed by atoms with Gasteiger partial charge < -0.3 is 4.52 Å². The van der Waals surface area contributed by atoms with Gasteiger partial charge in [0.15, 0.2) is 0 Å². The van der Waals surface area contributed by atoms with Crippen molar-refractivity contribution in [1.29, 1.82) is 0 Å². The smallest absolute Gasteiger partial charge is 0.233 e. The van der Waals surface area contributed by atoms with E-state index in [1.54, 1.807) is 0 Å². The zero-order valence-electron chi connectivity index (χ0n) is 12.5. The van der Waals surface area contributed by atoms with Gasteiger partial charge in [-0.15, -0.1) is 0 Å². The SMILES string of the molecule is Brc1cccc(-c2noc(C34CC5CC(CC(C5)C3)C4)n2)c1. The van der Waals surface area contributed by atoms with Crippen LogP contribution in [0.4, 0.5) is 0 Å². The molecule has 0 aliphatic heterocycles. The third-order valence-electron chi connectivity index (χ3n) is 6.00. The lowest BCUT2D eigenvalue weighted by atomic mass is 9.49. The number of hydrogen-bond donors (Lipinski definition) is 0. The predicted molar refractivity (Wildman–Crippen MR) is 87.3 cm³/mol. The van der Waals surface area contributed by atoms with Crippen LogP contribution in [-0.2, 0) is 5.41 Å². The quantitative estimate of drug-likeness (QED) is 0.760. The molecule has 0 N–H and O–H groups in total. The molecular formula is C18H19BrN2O. The van der Waals surface area contributed by atoms with E-state index in [0.717, 1.165) is 39.5 Å². The maximum Gasteiger partial charge on any atom is 0.233 e. The normalized spacial score (nSPS) is 36.0. The largest absolute Gasteiger partial charge is 0.338 e. The number of rotatable bonds is 2. The summed E-state index contributed by atoms with van der Waals surface area (Å²) in [7, 11) is 0. The molecule has 4 aliphatic carbocycles. The van der Waals surface area contributed by atoms with Crippen LogP contribution in [0.15, 0.2) is 33.3 Å². The van der Waals surface area contributed by atoms with Crippen molar-refractivity contribution < 1.29 is 4.52 Å². The van der Waals surface area contributed by atoms with E-state index >= 15 is 0 Å². The van der Waals surface area contributed by atoms with Crippen molar-refractivity contribution in [3.63, 3.8) is 0 Å². The molecule has 3 nitrogen and oxygen atoms in total. The maximum atomic E-state index is 5.77. The second-order valence-electron chi connectivity index (χ2n) is 7.63. The van der Waals surface area contributed by atoms with Gasteiger partial charge in [-0.2, -0.15) is 4.98 Å². The Morgan fingerprint density at radius 1 is 1.05 bits per heavy atom. The number of benzene rings is 1. The molecule has 0 radical (unpaired) electrons. The average Bonchev–Trinajstić information content (AvgIpc) is 2.96. The van der Waals surface area contributed by atoms with Gasteiger partial charge in [-0.3, -0.25) is 0 Å². The lowest BCUT2D eigenvalue weighted by Gasteiger charge is -2.55. The van der Waals surface area contributed by atoms with Crippen molar-refractivity contribution in [3.8, 4) is 11.4 Å². The summed E-state index contributed by atoms with van der Waals surface area (Å²) in [6.07, 6.45) is 8.10. The van der Waals surface area contributed by atoms with Crippen LogP contribution in [-0.4, -0.2) is 10.1 Å². The minimum atomic E-state index is 0.187. The molecule has 1 aromatic heterocycles. The van der Waals surface area contributed by atoms with E-state index in [2.05, 4.69) is 21.1 Å². The van der Waals surface area contributed by atoms with Crippen LogP contribution in [0.25, 0.3) is 11.4 Å². The van der Waals surface area contributed by atoms with Crippen LogP contribution in [0.1, 0.15) is 44.4 Å². The van der Waals surface area contributed by atoms with E-state index in [9.17, 15) is 0 Å². The highest BCUT2D eigenvalue weighted by Crippen LogP contribution is 2.60. The minimum Gasteiger partial charge on any atom is -0.338 e. The van der Waals surface area contributed by atoms with Gasteiger partial charge in [0.2, 0.25) is 11.7 Å². The first kappa shape index (κ1) is 13.3. The van der Waals surface area contributed by atoms with Crippen molar-refractivity contribution in [3.05, 3.63) is 34.6 Å². The van der Waals surface area contributed by atoms with Crippen LogP contribution < -0.4 is 0 Å². The van der Waals surface area contributed by atoms with Gasteiger partial charge >= 0.3 is 0 Å². The maximum absolute atomic E-state index is 5.77. The molecule has 0 spiro atoms. The van der Waals surface area contributed by atoms with Crippen LogP contribution in [0.5, 0.6) is 0 Å². The van der Waals surface area contributed by atoms with Gasteiger partial charge in [-0.05, 0) is 68.4 Å². The molecule has 6 rings (SSSR count). The summed E-state index contributed by atoms with van der Waals surface area (Å²) in [6.45, 7) is 0. The summed E-state index contributed by atoms with van der Waals surface area (Å²) < 4.78 is 6.81. The molecule has 1 aromatic carbocycles. The zero-order chi connectivity index (χ0) is 14.7. The Morgan fingerprint density at radius 3 is 2.36 bits per heavy atom. The van der Waals surface area contributed by atoms with Crippen molar-refractivity contribution in [2.45, 2.75) is 43.9 Å². The number of hydrogen-bond acceptors (Lipinski definition) is 3. The highest BCUT2D eigenvalue weighted by Gasteiger charge is 2.54. The monoisotopic (exact) mass is 358 g/mol. The Labute approximate surface area is 138 Å². The molecule has 4 heteroatoms. The molecular weight excluding hydrogens is 340 g/mol.